The Bertz CT molecular complexity index is 1090. The topological polar surface area (TPSA) is 49.3 Å². The fourth-order valence-corrected chi connectivity index (χ4v) is 3.98. The zero-order valence-corrected chi connectivity index (χ0v) is 18.2. The third-order valence-corrected chi connectivity index (χ3v) is 6.02. The van der Waals surface area contributed by atoms with Crippen molar-refractivity contribution in [3.05, 3.63) is 76.6 Å². The van der Waals surface area contributed by atoms with Gasteiger partial charge in [-0.2, -0.15) is 0 Å². The van der Waals surface area contributed by atoms with E-state index in [1.807, 2.05) is 12.1 Å². The van der Waals surface area contributed by atoms with Crippen molar-refractivity contribution in [3.8, 4) is 11.3 Å². The van der Waals surface area contributed by atoms with Gasteiger partial charge in [-0.25, -0.2) is 4.39 Å². The number of carbonyl (C=O) groups is 1. The van der Waals surface area contributed by atoms with Gasteiger partial charge in [0, 0.05) is 31.7 Å². The molecule has 1 amide bonds. The molecule has 31 heavy (non-hydrogen) atoms. The molecule has 1 aliphatic rings. The van der Waals surface area contributed by atoms with E-state index in [9.17, 15) is 9.18 Å². The summed E-state index contributed by atoms with van der Waals surface area (Å²) < 4.78 is 13.8. The number of aryl methyl sites for hydroxylation is 3. The Balaban J connectivity index is 1.38. The van der Waals surface area contributed by atoms with E-state index in [0.29, 0.717) is 31.7 Å². The monoisotopic (exact) mass is 418 g/mol. The lowest BCUT2D eigenvalue weighted by atomic mass is 9.99. The number of rotatable bonds is 4. The molecule has 0 aliphatic carbocycles. The summed E-state index contributed by atoms with van der Waals surface area (Å²) in [6.45, 7) is 8.85. The molecule has 1 aliphatic heterocycles. The van der Waals surface area contributed by atoms with Gasteiger partial charge in [-0.15, -0.1) is 10.2 Å². The quantitative estimate of drug-likeness (QED) is 0.640. The molecule has 1 aromatic heterocycles. The van der Waals surface area contributed by atoms with Crippen LogP contribution in [0.25, 0.3) is 11.3 Å². The van der Waals surface area contributed by atoms with Gasteiger partial charge in [0.1, 0.15) is 5.82 Å². The first-order chi connectivity index (χ1) is 14.9. The number of carbonyl (C=O) groups excluding carboxylic acids is 1. The molecule has 0 saturated carbocycles. The molecule has 2 aromatic carbocycles. The molecule has 0 radical (unpaired) electrons. The first-order valence-corrected chi connectivity index (χ1v) is 10.6. The van der Waals surface area contributed by atoms with Gasteiger partial charge in [0.2, 0.25) is 5.91 Å². The minimum atomic E-state index is -0.330. The Morgan fingerprint density at radius 2 is 1.61 bits per heavy atom. The lowest BCUT2D eigenvalue weighted by molar-refractivity contribution is -0.130. The van der Waals surface area contributed by atoms with Crippen molar-refractivity contribution >= 4 is 11.7 Å². The predicted molar refractivity (Wildman–Crippen MR) is 121 cm³/mol. The van der Waals surface area contributed by atoms with Crippen LogP contribution in [0.1, 0.15) is 22.3 Å². The number of hydrogen-bond acceptors (Lipinski definition) is 4. The van der Waals surface area contributed by atoms with Gasteiger partial charge in [-0.05, 0) is 67.3 Å². The van der Waals surface area contributed by atoms with Crippen molar-refractivity contribution in [3.63, 3.8) is 0 Å². The third kappa shape index (κ3) is 4.58. The standard InChI is InChI=1S/C25H27FN4O/c1-17-14-19(3)21(15-18(17)2)23-8-9-24(28-27-23)29-10-12-30(13-11-29)25(31)16-20-6-4-5-7-22(20)26/h4-9,14-15H,10-13,16H2,1-3H3. The summed E-state index contributed by atoms with van der Waals surface area (Å²) in [6.07, 6.45) is 0.0937. The first-order valence-electron chi connectivity index (χ1n) is 10.6. The van der Waals surface area contributed by atoms with Gasteiger partial charge in [0.25, 0.3) is 0 Å². The van der Waals surface area contributed by atoms with Crippen molar-refractivity contribution in [2.75, 3.05) is 31.1 Å². The summed E-state index contributed by atoms with van der Waals surface area (Å²) >= 11 is 0. The van der Waals surface area contributed by atoms with Gasteiger partial charge in [0.05, 0.1) is 12.1 Å². The fraction of sp³-hybridized carbons (Fsp3) is 0.320. The number of halogens is 1. The Labute approximate surface area is 182 Å². The van der Waals surface area contributed by atoms with Crippen molar-refractivity contribution < 1.29 is 9.18 Å². The highest BCUT2D eigenvalue weighted by Gasteiger charge is 2.23. The van der Waals surface area contributed by atoms with E-state index in [2.05, 4.69) is 48.0 Å². The van der Waals surface area contributed by atoms with Gasteiger partial charge in [0.15, 0.2) is 5.82 Å². The maximum absolute atomic E-state index is 13.8. The molecule has 1 fully saturated rings. The highest BCUT2D eigenvalue weighted by atomic mass is 19.1. The third-order valence-electron chi connectivity index (χ3n) is 6.02. The summed E-state index contributed by atoms with van der Waals surface area (Å²) in [4.78, 5) is 16.5. The van der Waals surface area contributed by atoms with E-state index in [0.717, 1.165) is 17.1 Å². The van der Waals surface area contributed by atoms with E-state index in [4.69, 9.17) is 0 Å². The lowest BCUT2D eigenvalue weighted by Crippen LogP contribution is -2.49. The second kappa shape index (κ2) is 8.84. The van der Waals surface area contributed by atoms with E-state index < -0.39 is 0 Å². The average Bonchev–Trinajstić information content (AvgIpc) is 2.78. The maximum Gasteiger partial charge on any atom is 0.227 e. The second-order valence-electron chi connectivity index (χ2n) is 8.16. The number of benzene rings is 2. The molecule has 0 spiro atoms. The molecular formula is C25H27FN4O. The maximum atomic E-state index is 13.8. The van der Waals surface area contributed by atoms with Gasteiger partial charge in [-0.3, -0.25) is 4.79 Å². The van der Waals surface area contributed by atoms with Crippen LogP contribution in [0.5, 0.6) is 0 Å². The molecule has 2 heterocycles. The summed E-state index contributed by atoms with van der Waals surface area (Å²) in [7, 11) is 0. The number of hydrogen-bond donors (Lipinski definition) is 0. The average molecular weight is 419 g/mol. The molecule has 0 bridgehead atoms. The number of piperazine rings is 1. The van der Waals surface area contributed by atoms with Crippen molar-refractivity contribution in [1.82, 2.24) is 15.1 Å². The Hall–Kier alpha value is -3.28. The van der Waals surface area contributed by atoms with Gasteiger partial charge < -0.3 is 9.80 Å². The molecular weight excluding hydrogens is 391 g/mol. The van der Waals surface area contributed by atoms with Crippen LogP contribution in [0.2, 0.25) is 0 Å². The van der Waals surface area contributed by atoms with Crippen LogP contribution in [0, 0.1) is 26.6 Å². The highest BCUT2D eigenvalue weighted by molar-refractivity contribution is 5.79. The molecule has 6 heteroatoms. The Kier molecular flexibility index (Phi) is 5.98. The molecule has 3 aromatic rings. The number of aromatic nitrogens is 2. The summed E-state index contributed by atoms with van der Waals surface area (Å²) in [5, 5.41) is 8.91. The second-order valence-corrected chi connectivity index (χ2v) is 8.16. The minimum absolute atomic E-state index is 0.0450. The van der Waals surface area contributed by atoms with E-state index in [1.165, 1.54) is 22.8 Å². The normalized spacial score (nSPS) is 14.1. The summed E-state index contributed by atoms with van der Waals surface area (Å²) in [5.74, 6) is 0.437. The molecule has 0 atom stereocenters. The van der Waals surface area contributed by atoms with Crippen LogP contribution in [-0.2, 0) is 11.2 Å². The number of amides is 1. The van der Waals surface area contributed by atoms with Gasteiger partial charge >= 0.3 is 0 Å². The molecule has 160 valence electrons. The molecule has 0 unspecified atom stereocenters. The fourth-order valence-electron chi connectivity index (χ4n) is 3.98. The Morgan fingerprint density at radius 3 is 2.29 bits per heavy atom. The number of nitrogens with zero attached hydrogens (tertiary/aromatic N) is 4. The molecule has 0 N–H and O–H groups in total. The predicted octanol–water partition coefficient (Wildman–Crippen LogP) is 4.10. The van der Waals surface area contributed by atoms with Crippen molar-refractivity contribution in [2.45, 2.75) is 27.2 Å². The Morgan fingerprint density at radius 1 is 0.903 bits per heavy atom. The molecule has 1 saturated heterocycles. The van der Waals surface area contributed by atoms with Crippen molar-refractivity contribution in [1.29, 1.82) is 0 Å². The van der Waals surface area contributed by atoms with E-state index >= 15 is 0 Å². The van der Waals surface area contributed by atoms with Crippen molar-refractivity contribution in [2.24, 2.45) is 0 Å². The van der Waals surface area contributed by atoms with Crippen LogP contribution in [-0.4, -0.2) is 47.2 Å². The zero-order valence-electron chi connectivity index (χ0n) is 18.2. The first kappa shape index (κ1) is 21.0. The highest BCUT2D eigenvalue weighted by Crippen LogP contribution is 2.25. The number of anilines is 1. The van der Waals surface area contributed by atoms with E-state index in [-0.39, 0.29) is 18.1 Å². The zero-order chi connectivity index (χ0) is 22.0. The minimum Gasteiger partial charge on any atom is -0.352 e. The largest absolute Gasteiger partial charge is 0.352 e. The lowest BCUT2D eigenvalue weighted by Gasteiger charge is -2.35. The van der Waals surface area contributed by atoms with Crippen LogP contribution in [0.4, 0.5) is 10.2 Å². The van der Waals surface area contributed by atoms with Crippen LogP contribution in [0.3, 0.4) is 0 Å². The van der Waals surface area contributed by atoms with Gasteiger partial charge in [-0.1, -0.05) is 24.3 Å². The summed E-state index contributed by atoms with van der Waals surface area (Å²) in [5.41, 5.74) is 6.11. The van der Waals surface area contributed by atoms with E-state index in [1.54, 1.807) is 23.1 Å². The molecule has 4 rings (SSSR count). The smallest absolute Gasteiger partial charge is 0.227 e. The van der Waals surface area contributed by atoms with Crippen LogP contribution in [0.15, 0.2) is 48.5 Å². The van der Waals surface area contributed by atoms with Crippen LogP contribution < -0.4 is 4.90 Å². The van der Waals surface area contributed by atoms with Crippen LogP contribution >= 0.6 is 0 Å². The SMILES string of the molecule is Cc1cc(C)c(-c2ccc(N3CCN(C(=O)Cc4ccccc4F)CC3)nn2)cc1C. The summed E-state index contributed by atoms with van der Waals surface area (Å²) in [6, 6.07) is 14.8. The molecule has 5 nitrogen and oxygen atoms in total.